The molecular weight excluding hydrogens is 322 g/mol. The van der Waals surface area contributed by atoms with Crippen LogP contribution in [0.25, 0.3) is 0 Å². The second-order valence-corrected chi connectivity index (χ2v) is 4.28. The molecule has 0 spiro atoms. The van der Waals surface area contributed by atoms with Gasteiger partial charge in [-0.15, -0.1) is 0 Å². The number of alkyl halides is 4. The number of carbonyl (C=O) groups excluding carboxylic acids is 2. The highest BCUT2D eigenvalue weighted by molar-refractivity contribution is 6.11. The first-order valence-corrected chi connectivity index (χ1v) is 6.13. The molecule has 0 unspecified atom stereocenters. The molecule has 0 aromatic carbocycles. The lowest BCUT2D eigenvalue weighted by molar-refractivity contribution is -0.148. The first-order chi connectivity index (χ1) is 10.7. The Morgan fingerprint density at radius 3 is 2.52 bits per heavy atom. The van der Waals surface area contributed by atoms with Crippen molar-refractivity contribution in [3.63, 3.8) is 0 Å². The van der Waals surface area contributed by atoms with Crippen LogP contribution in [-0.4, -0.2) is 42.7 Å². The highest BCUT2D eigenvalue weighted by Crippen LogP contribution is 2.23. The van der Waals surface area contributed by atoms with Crippen LogP contribution in [0.2, 0.25) is 0 Å². The molecule has 1 amide bonds. The third-order valence-corrected chi connectivity index (χ3v) is 2.65. The fourth-order valence-electron chi connectivity index (χ4n) is 1.39. The van der Waals surface area contributed by atoms with Crippen molar-refractivity contribution in [1.82, 2.24) is 10.3 Å². The molecule has 0 radical (unpaired) electrons. The molecule has 0 aliphatic heterocycles. The van der Waals surface area contributed by atoms with Gasteiger partial charge in [0.05, 0.1) is 6.07 Å². The summed E-state index contributed by atoms with van der Waals surface area (Å²) in [6.45, 7) is -1.58. The van der Waals surface area contributed by atoms with Crippen LogP contribution in [0.5, 0.6) is 5.88 Å². The fourth-order valence-corrected chi connectivity index (χ4v) is 1.39. The molecule has 1 atom stereocenters. The minimum absolute atomic E-state index is 0.131. The number of halogens is 4. The standard InChI is InChI=1S/C13H11F4N3O3/c1-19-11(22)8(4-18)10(21)7-2-3-9(20-5-7)23-6-13(16,17)12(14)15/h2-3,5,8,12H,6H2,1H3,(H,19,22)/t8-/m0/s1. The molecule has 1 aromatic rings. The summed E-state index contributed by atoms with van der Waals surface area (Å²) in [5.74, 6) is -7.98. The van der Waals surface area contributed by atoms with Crippen molar-refractivity contribution in [3.05, 3.63) is 23.9 Å². The molecule has 0 saturated heterocycles. The van der Waals surface area contributed by atoms with E-state index in [4.69, 9.17) is 5.26 Å². The summed E-state index contributed by atoms with van der Waals surface area (Å²) in [5.41, 5.74) is -0.131. The van der Waals surface area contributed by atoms with Crippen LogP contribution in [-0.2, 0) is 4.79 Å². The largest absolute Gasteiger partial charge is 0.471 e. The number of ether oxygens (including phenoxy) is 1. The number of carbonyl (C=O) groups is 2. The molecule has 0 aliphatic rings. The normalized spacial score (nSPS) is 12.4. The summed E-state index contributed by atoms with van der Waals surface area (Å²) < 4.78 is 53.7. The van der Waals surface area contributed by atoms with E-state index in [1.54, 1.807) is 0 Å². The van der Waals surface area contributed by atoms with Crippen LogP contribution < -0.4 is 10.1 Å². The van der Waals surface area contributed by atoms with Crippen LogP contribution in [0.3, 0.4) is 0 Å². The van der Waals surface area contributed by atoms with Gasteiger partial charge in [-0.3, -0.25) is 9.59 Å². The Balaban J connectivity index is 2.79. The average molecular weight is 333 g/mol. The number of aromatic nitrogens is 1. The second kappa shape index (κ2) is 7.53. The lowest BCUT2D eigenvalue weighted by Crippen LogP contribution is -2.34. The predicted octanol–water partition coefficient (Wildman–Crippen LogP) is 1.43. The Morgan fingerprint density at radius 1 is 1.43 bits per heavy atom. The Bertz CT molecular complexity index is 614. The molecule has 1 N–H and O–H groups in total. The third kappa shape index (κ3) is 4.64. The van der Waals surface area contributed by atoms with Gasteiger partial charge in [-0.05, 0) is 6.07 Å². The Kier molecular flexibility index (Phi) is 6.01. The molecule has 0 saturated carbocycles. The third-order valence-electron chi connectivity index (χ3n) is 2.65. The lowest BCUT2D eigenvalue weighted by atomic mass is 9.99. The van der Waals surface area contributed by atoms with E-state index in [1.807, 2.05) is 0 Å². The van der Waals surface area contributed by atoms with E-state index < -0.39 is 42.4 Å². The summed E-state index contributed by atoms with van der Waals surface area (Å²) in [5, 5.41) is 11.0. The average Bonchev–Trinajstić information content (AvgIpc) is 2.53. The molecule has 6 nitrogen and oxygen atoms in total. The van der Waals surface area contributed by atoms with Gasteiger partial charge in [0.1, 0.15) is 0 Å². The van der Waals surface area contributed by atoms with Crippen molar-refractivity contribution in [3.8, 4) is 11.9 Å². The van der Waals surface area contributed by atoms with E-state index in [1.165, 1.54) is 13.1 Å². The number of rotatable bonds is 7. The van der Waals surface area contributed by atoms with Crippen LogP contribution in [0, 0.1) is 17.2 Å². The van der Waals surface area contributed by atoms with Crippen molar-refractivity contribution < 1.29 is 31.9 Å². The summed E-state index contributed by atoms with van der Waals surface area (Å²) >= 11 is 0. The van der Waals surface area contributed by atoms with Crippen LogP contribution in [0.1, 0.15) is 10.4 Å². The quantitative estimate of drug-likeness (QED) is 0.463. The van der Waals surface area contributed by atoms with Gasteiger partial charge in [0.2, 0.25) is 11.8 Å². The number of hydrogen-bond acceptors (Lipinski definition) is 5. The van der Waals surface area contributed by atoms with Gasteiger partial charge in [0.25, 0.3) is 0 Å². The molecule has 0 fully saturated rings. The van der Waals surface area contributed by atoms with Gasteiger partial charge in [-0.2, -0.15) is 14.0 Å². The van der Waals surface area contributed by atoms with Crippen LogP contribution in [0.4, 0.5) is 17.6 Å². The summed E-state index contributed by atoms with van der Waals surface area (Å²) in [6, 6.07) is 3.59. The van der Waals surface area contributed by atoms with Gasteiger partial charge in [0, 0.05) is 24.9 Å². The van der Waals surface area contributed by atoms with Crippen LogP contribution >= 0.6 is 0 Å². The second-order valence-electron chi connectivity index (χ2n) is 4.28. The van der Waals surface area contributed by atoms with Crippen LogP contribution in [0.15, 0.2) is 18.3 Å². The Hall–Kier alpha value is -2.70. The lowest BCUT2D eigenvalue weighted by Gasteiger charge is -2.15. The monoisotopic (exact) mass is 333 g/mol. The molecule has 0 bridgehead atoms. The van der Waals surface area contributed by atoms with Crippen molar-refractivity contribution in [2.24, 2.45) is 5.92 Å². The molecule has 1 heterocycles. The number of nitriles is 1. The number of nitrogens with one attached hydrogen (secondary N) is 1. The summed E-state index contributed by atoms with van der Waals surface area (Å²) in [7, 11) is 1.25. The van der Waals surface area contributed by atoms with Gasteiger partial charge in [-0.1, -0.05) is 0 Å². The smallest absolute Gasteiger partial charge is 0.340 e. The zero-order valence-electron chi connectivity index (χ0n) is 11.7. The summed E-state index contributed by atoms with van der Waals surface area (Å²) in [4.78, 5) is 26.8. The summed E-state index contributed by atoms with van der Waals surface area (Å²) in [6.07, 6.45) is -2.99. The number of nitrogens with zero attached hydrogens (tertiary/aromatic N) is 2. The Morgan fingerprint density at radius 2 is 2.09 bits per heavy atom. The number of pyridine rings is 1. The first kappa shape index (κ1) is 18.3. The van der Waals surface area contributed by atoms with Gasteiger partial charge in [0.15, 0.2) is 18.3 Å². The van der Waals surface area contributed by atoms with E-state index in [9.17, 15) is 27.2 Å². The molecular formula is C13H11F4N3O3. The molecule has 23 heavy (non-hydrogen) atoms. The van der Waals surface area contributed by atoms with Gasteiger partial charge >= 0.3 is 12.3 Å². The van der Waals surface area contributed by atoms with Gasteiger partial charge < -0.3 is 10.1 Å². The molecule has 0 aliphatic carbocycles. The molecule has 10 heteroatoms. The number of Topliss-reactive ketones (excluding diaryl/α,β-unsaturated/α-hetero) is 1. The van der Waals surface area contributed by atoms with Gasteiger partial charge in [-0.25, -0.2) is 13.8 Å². The maximum atomic E-state index is 12.7. The molecule has 1 aromatic heterocycles. The number of ketones is 1. The van der Waals surface area contributed by atoms with Crippen molar-refractivity contribution >= 4 is 11.7 Å². The van der Waals surface area contributed by atoms with E-state index >= 15 is 0 Å². The number of hydrogen-bond donors (Lipinski definition) is 1. The van der Waals surface area contributed by atoms with Crippen molar-refractivity contribution in [2.45, 2.75) is 12.3 Å². The van der Waals surface area contributed by atoms with E-state index in [-0.39, 0.29) is 5.56 Å². The zero-order chi connectivity index (χ0) is 17.6. The zero-order valence-corrected chi connectivity index (χ0v) is 11.7. The van der Waals surface area contributed by atoms with E-state index in [0.717, 1.165) is 18.3 Å². The maximum absolute atomic E-state index is 12.7. The first-order valence-electron chi connectivity index (χ1n) is 6.13. The SMILES string of the molecule is CNC(=O)[C@@H](C#N)C(=O)c1ccc(OCC(F)(F)C(F)F)nc1. The molecule has 1 rings (SSSR count). The minimum Gasteiger partial charge on any atom is -0.471 e. The highest BCUT2D eigenvalue weighted by Gasteiger charge is 2.41. The topological polar surface area (TPSA) is 92.1 Å². The molecule has 124 valence electrons. The van der Waals surface area contributed by atoms with E-state index in [2.05, 4.69) is 15.0 Å². The predicted molar refractivity (Wildman–Crippen MR) is 68.2 cm³/mol. The van der Waals surface area contributed by atoms with Crippen molar-refractivity contribution in [1.29, 1.82) is 5.26 Å². The number of amides is 1. The fraction of sp³-hybridized carbons (Fsp3) is 0.385. The minimum atomic E-state index is -4.33. The van der Waals surface area contributed by atoms with Crippen molar-refractivity contribution in [2.75, 3.05) is 13.7 Å². The highest BCUT2D eigenvalue weighted by atomic mass is 19.3. The Labute approximate surface area is 128 Å². The van der Waals surface area contributed by atoms with E-state index in [0.29, 0.717) is 0 Å². The maximum Gasteiger partial charge on any atom is 0.340 e.